The van der Waals surface area contributed by atoms with Crippen molar-refractivity contribution in [3.63, 3.8) is 0 Å². The number of hydrogen-bond acceptors (Lipinski definition) is 5. The molecule has 26 heavy (non-hydrogen) atoms. The number of halogens is 1. The van der Waals surface area contributed by atoms with Gasteiger partial charge in [0.2, 0.25) is 0 Å². The van der Waals surface area contributed by atoms with E-state index in [4.69, 9.17) is 9.47 Å². The third-order valence-corrected chi connectivity index (χ3v) is 5.27. The summed E-state index contributed by atoms with van der Waals surface area (Å²) < 4.78 is 11.4. The van der Waals surface area contributed by atoms with E-state index in [0.717, 1.165) is 27.4 Å². The molecule has 0 N–H and O–H groups in total. The second kappa shape index (κ2) is 7.97. The highest BCUT2D eigenvalue weighted by atomic mass is 79.9. The lowest BCUT2D eigenvalue weighted by Crippen LogP contribution is -2.27. The molecular weight excluding hydrogens is 418 g/mol. The maximum Gasteiger partial charge on any atom is 0.293 e. The zero-order valence-corrected chi connectivity index (χ0v) is 16.6. The number of nitrogens with zero attached hydrogens (tertiary/aromatic N) is 1. The van der Waals surface area contributed by atoms with Gasteiger partial charge in [-0.25, -0.2) is 0 Å². The third kappa shape index (κ3) is 3.94. The maximum atomic E-state index is 12.6. The van der Waals surface area contributed by atoms with Gasteiger partial charge in [0.05, 0.1) is 25.7 Å². The van der Waals surface area contributed by atoms with Crippen LogP contribution in [0.2, 0.25) is 0 Å². The minimum absolute atomic E-state index is 0.251. The zero-order valence-electron chi connectivity index (χ0n) is 14.2. The van der Waals surface area contributed by atoms with Crippen LogP contribution in [0.5, 0.6) is 11.5 Å². The van der Waals surface area contributed by atoms with Crippen LogP contribution in [0.25, 0.3) is 6.08 Å². The highest BCUT2D eigenvalue weighted by molar-refractivity contribution is 9.10. The van der Waals surface area contributed by atoms with Crippen molar-refractivity contribution in [3.05, 3.63) is 63.0 Å². The van der Waals surface area contributed by atoms with E-state index >= 15 is 0 Å². The summed E-state index contributed by atoms with van der Waals surface area (Å²) in [6.45, 7) is 0.251. The first-order valence-electron chi connectivity index (χ1n) is 7.73. The van der Waals surface area contributed by atoms with Crippen LogP contribution in [0.1, 0.15) is 11.1 Å². The molecular formula is C19H16BrNO4S. The normalized spacial score (nSPS) is 15.7. The number of hydrogen-bond donors (Lipinski definition) is 0. The number of carbonyl (C=O) groups is 2. The summed E-state index contributed by atoms with van der Waals surface area (Å²) in [6, 6.07) is 12.9. The topological polar surface area (TPSA) is 55.8 Å². The van der Waals surface area contributed by atoms with E-state index in [1.165, 1.54) is 4.90 Å². The second-order valence-electron chi connectivity index (χ2n) is 5.51. The largest absolute Gasteiger partial charge is 0.493 e. The summed E-state index contributed by atoms with van der Waals surface area (Å²) >= 11 is 4.31. The monoisotopic (exact) mass is 433 g/mol. The Balaban J connectivity index is 1.81. The standard InChI is InChI=1S/C19H16BrNO4S/c1-24-15-8-5-13(9-16(15)25-2)10-17-18(22)21(19(23)26-17)11-12-3-6-14(20)7-4-12/h3-10H,11H2,1-2H3. The van der Waals surface area contributed by atoms with Gasteiger partial charge in [0, 0.05) is 4.47 Å². The van der Waals surface area contributed by atoms with Crippen LogP contribution in [-0.2, 0) is 11.3 Å². The van der Waals surface area contributed by atoms with Gasteiger partial charge < -0.3 is 9.47 Å². The Morgan fingerprint density at radius 1 is 1.04 bits per heavy atom. The van der Waals surface area contributed by atoms with Gasteiger partial charge in [-0.15, -0.1) is 0 Å². The molecule has 0 aliphatic carbocycles. The first-order valence-corrected chi connectivity index (χ1v) is 9.34. The highest BCUT2D eigenvalue weighted by Crippen LogP contribution is 2.35. The molecule has 0 radical (unpaired) electrons. The van der Waals surface area contributed by atoms with Crippen molar-refractivity contribution < 1.29 is 19.1 Å². The Bertz CT molecular complexity index is 880. The van der Waals surface area contributed by atoms with Crippen LogP contribution >= 0.6 is 27.7 Å². The van der Waals surface area contributed by atoms with Gasteiger partial charge in [-0.3, -0.25) is 14.5 Å². The average Bonchev–Trinajstić information content (AvgIpc) is 2.90. The number of methoxy groups -OCH3 is 2. The van der Waals surface area contributed by atoms with Crippen LogP contribution in [0.4, 0.5) is 4.79 Å². The van der Waals surface area contributed by atoms with Crippen molar-refractivity contribution in [1.82, 2.24) is 4.90 Å². The first kappa shape index (κ1) is 18.5. The molecule has 134 valence electrons. The van der Waals surface area contributed by atoms with E-state index in [1.807, 2.05) is 30.3 Å². The molecule has 0 unspecified atom stereocenters. The molecule has 7 heteroatoms. The van der Waals surface area contributed by atoms with Crippen molar-refractivity contribution in [2.75, 3.05) is 14.2 Å². The molecule has 2 amide bonds. The van der Waals surface area contributed by atoms with Gasteiger partial charge in [0.1, 0.15) is 0 Å². The van der Waals surface area contributed by atoms with E-state index in [9.17, 15) is 9.59 Å². The fourth-order valence-electron chi connectivity index (χ4n) is 2.50. The molecule has 2 aromatic carbocycles. The quantitative estimate of drug-likeness (QED) is 0.639. The van der Waals surface area contributed by atoms with Crippen LogP contribution in [0.3, 0.4) is 0 Å². The minimum atomic E-state index is -0.294. The molecule has 0 bridgehead atoms. The van der Waals surface area contributed by atoms with Gasteiger partial charge in [-0.2, -0.15) is 0 Å². The van der Waals surface area contributed by atoms with Gasteiger partial charge >= 0.3 is 0 Å². The van der Waals surface area contributed by atoms with E-state index in [0.29, 0.717) is 16.4 Å². The molecule has 0 aromatic heterocycles. The summed E-state index contributed by atoms with van der Waals surface area (Å²) in [5.74, 6) is 0.876. The lowest BCUT2D eigenvalue weighted by atomic mass is 10.1. The molecule has 1 aliphatic rings. The Morgan fingerprint density at radius 3 is 2.38 bits per heavy atom. The molecule has 2 aromatic rings. The van der Waals surface area contributed by atoms with E-state index in [2.05, 4.69) is 15.9 Å². The van der Waals surface area contributed by atoms with Crippen molar-refractivity contribution in [3.8, 4) is 11.5 Å². The molecule has 0 atom stereocenters. The molecule has 1 saturated heterocycles. The third-order valence-electron chi connectivity index (χ3n) is 3.83. The van der Waals surface area contributed by atoms with Crippen molar-refractivity contribution >= 4 is 44.9 Å². The number of carbonyl (C=O) groups excluding carboxylic acids is 2. The maximum absolute atomic E-state index is 12.6. The summed E-state index contributed by atoms with van der Waals surface area (Å²) in [4.78, 5) is 26.5. The highest BCUT2D eigenvalue weighted by Gasteiger charge is 2.35. The van der Waals surface area contributed by atoms with Crippen LogP contribution in [0.15, 0.2) is 51.8 Å². The molecule has 1 heterocycles. The molecule has 0 saturated carbocycles. The van der Waals surface area contributed by atoms with E-state index in [-0.39, 0.29) is 17.7 Å². The summed E-state index contributed by atoms with van der Waals surface area (Å²) in [5, 5.41) is -0.273. The van der Waals surface area contributed by atoms with Gasteiger partial charge in [0.15, 0.2) is 11.5 Å². The average molecular weight is 434 g/mol. The Hall–Kier alpha value is -2.25. The fourth-order valence-corrected chi connectivity index (χ4v) is 3.61. The summed E-state index contributed by atoms with van der Waals surface area (Å²) in [6.07, 6.45) is 1.69. The number of amides is 2. The van der Waals surface area contributed by atoms with Crippen molar-refractivity contribution in [2.24, 2.45) is 0 Å². The van der Waals surface area contributed by atoms with Gasteiger partial charge in [-0.05, 0) is 53.2 Å². The predicted octanol–water partition coefficient (Wildman–Crippen LogP) is 4.70. The van der Waals surface area contributed by atoms with E-state index in [1.54, 1.807) is 32.4 Å². The predicted molar refractivity (Wildman–Crippen MR) is 105 cm³/mol. The molecule has 1 aliphatic heterocycles. The second-order valence-corrected chi connectivity index (χ2v) is 7.42. The molecule has 0 spiro atoms. The fraction of sp³-hybridized carbons (Fsp3) is 0.158. The van der Waals surface area contributed by atoms with Crippen LogP contribution < -0.4 is 9.47 Å². The number of benzene rings is 2. The Morgan fingerprint density at radius 2 is 1.73 bits per heavy atom. The molecule has 3 rings (SSSR count). The number of rotatable bonds is 5. The zero-order chi connectivity index (χ0) is 18.7. The molecule has 1 fully saturated rings. The van der Waals surface area contributed by atoms with Gasteiger partial charge in [-0.1, -0.05) is 34.1 Å². The van der Waals surface area contributed by atoms with Crippen molar-refractivity contribution in [1.29, 1.82) is 0 Å². The lowest BCUT2D eigenvalue weighted by molar-refractivity contribution is -0.123. The number of thioether (sulfide) groups is 1. The Labute approximate surface area is 164 Å². The van der Waals surface area contributed by atoms with Crippen LogP contribution in [0, 0.1) is 0 Å². The minimum Gasteiger partial charge on any atom is -0.493 e. The summed E-state index contributed by atoms with van der Waals surface area (Å²) in [5.41, 5.74) is 1.65. The van der Waals surface area contributed by atoms with Crippen LogP contribution in [-0.4, -0.2) is 30.3 Å². The number of ether oxygens (including phenoxy) is 2. The lowest BCUT2D eigenvalue weighted by Gasteiger charge is -2.12. The van der Waals surface area contributed by atoms with Gasteiger partial charge in [0.25, 0.3) is 11.1 Å². The number of imide groups is 1. The van der Waals surface area contributed by atoms with Crippen molar-refractivity contribution in [2.45, 2.75) is 6.54 Å². The molecule has 5 nitrogen and oxygen atoms in total. The Kier molecular flexibility index (Phi) is 5.68. The smallest absolute Gasteiger partial charge is 0.293 e. The SMILES string of the molecule is COc1ccc(C=C2SC(=O)N(Cc3ccc(Br)cc3)C2=O)cc1OC. The van der Waals surface area contributed by atoms with E-state index < -0.39 is 0 Å². The first-order chi connectivity index (χ1) is 12.5. The summed E-state index contributed by atoms with van der Waals surface area (Å²) in [7, 11) is 3.11.